The number of furan rings is 1. The van der Waals surface area contributed by atoms with Gasteiger partial charge in [0.25, 0.3) is 0 Å². The second kappa shape index (κ2) is 6.13. The number of hydrogen-bond acceptors (Lipinski definition) is 4. The van der Waals surface area contributed by atoms with Gasteiger partial charge in [0.15, 0.2) is 4.67 Å². The average molecular weight is 380 g/mol. The molecule has 0 bridgehead atoms. The Labute approximate surface area is 121 Å². The van der Waals surface area contributed by atoms with Gasteiger partial charge < -0.3 is 9.73 Å². The molecule has 6 heteroatoms. The minimum Gasteiger partial charge on any atom is -0.452 e. The standard InChI is InChI=1S/C11H12Br2N2OS/c1-2-9(11-14-3-4-17-11)15-6-7-5-8(12)10(13)16-7/h3-5,9,15H,2,6H2,1H3. The highest BCUT2D eigenvalue weighted by Crippen LogP contribution is 2.27. The van der Waals surface area contributed by atoms with E-state index >= 15 is 0 Å². The summed E-state index contributed by atoms with van der Waals surface area (Å²) in [6.45, 7) is 2.84. The van der Waals surface area contributed by atoms with E-state index in [0.717, 1.165) is 26.3 Å². The van der Waals surface area contributed by atoms with Crippen molar-refractivity contribution in [2.24, 2.45) is 0 Å². The molecule has 0 aliphatic rings. The van der Waals surface area contributed by atoms with Crippen molar-refractivity contribution < 1.29 is 4.42 Å². The summed E-state index contributed by atoms with van der Waals surface area (Å²) in [5.74, 6) is 0.902. The number of nitrogens with one attached hydrogen (secondary N) is 1. The third-order valence-corrected chi connectivity index (χ3v) is 4.98. The Morgan fingerprint density at radius 1 is 1.53 bits per heavy atom. The van der Waals surface area contributed by atoms with Crippen LogP contribution in [0.2, 0.25) is 0 Å². The maximum Gasteiger partial charge on any atom is 0.183 e. The molecule has 0 aliphatic carbocycles. The fourth-order valence-electron chi connectivity index (χ4n) is 1.52. The minimum atomic E-state index is 0.289. The van der Waals surface area contributed by atoms with E-state index in [9.17, 15) is 0 Å². The molecule has 1 unspecified atom stereocenters. The summed E-state index contributed by atoms with van der Waals surface area (Å²) in [6.07, 6.45) is 2.85. The fourth-order valence-corrected chi connectivity index (χ4v) is 2.97. The van der Waals surface area contributed by atoms with E-state index in [0.29, 0.717) is 6.54 Å². The van der Waals surface area contributed by atoms with E-state index in [1.165, 1.54) is 0 Å². The largest absolute Gasteiger partial charge is 0.452 e. The van der Waals surface area contributed by atoms with Crippen LogP contribution in [0.4, 0.5) is 0 Å². The molecule has 2 aromatic heterocycles. The molecule has 1 N–H and O–H groups in total. The fraction of sp³-hybridized carbons (Fsp3) is 0.364. The molecule has 0 aliphatic heterocycles. The Morgan fingerprint density at radius 3 is 2.88 bits per heavy atom. The normalized spacial score (nSPS) is 12.9. The second-order valence-electron chi connectivity index (χ2n) is 3.55. The average Bonchev–Trinajstić information content (AvgIpc) is 2.92. The van der Waals surface area contributed by atoms with Crippen molar-refractivity contribution in [3.05, 3.63) is 37.6 Å². The number of rotatable bonds is 5. The first kappa shape index (κ1) is 13.3. The summed E-state index contributed by atoms with van der Waals surface area (Å²) in [7, 11) is 0. The van der Waals surface area contributed by atoms with Crippen LogP contribution in [0.1, 0.15) is 30.2 Å². The summed E-state index contributed by atoms with van der Waals surface area (Å²) in [5.41, 5.74) is 0. The number of hydrogen-bond donors (Lipinski definition) is 1. The molecule has 0 saturated carbocycles. The molecule has 3 nitrogen and oxygen atoms in total. The highest BCUT2D eigenvalue weighted by Gasteiger charge is 2.13. The first-order valence-corrected chi connectivity index (χ1v) is 7.73. The highest BCUT2D eigenvalue weighted by atomic mass is 79.9. The van der Waals surface area contributed by atoms with E-state index in [2.05, 4.69) is 49.1 Å². The second-order valence-corrected chi connectivity index (χ2v) is 6.05. The molecule has 2 rings (SSSR count). The number of aromatic nitrogens is 1. The lowest BCUT2D eigenvalue weighted by atomic mass is 10.2. The first-order valence-electron chi connectivity index (χ1n) is 5.27. The Hall–Kier alpha value is -0.170. The van der Waals surface area contributed by atoms with Crippen LogP contribution in [0.5, 0.6) is 0 Å². The molecular weight excluding hydrogens is 368 g/mol. The van der Waals surface area contributed by atoms with E-state index in [1.807, 2.05) is 17.6 Å². The molecule has 2 aromatic rings. The zero-order valence-electron chi connectivity index (χ0n) is 9.24. The highest BCUT2D eigenvalue weighted by molar-refractivity contribution is 9.13. The van der Waals surface area contributed by atoms with Gasteiger partial charge in [-0.15, -0.1) is 11.3 Å². The van der Waals surface area contributed by atoms with Gasteiger partial charge in [0, 0.05) is 11.6 Å². The summed E-state index contributed by atoms with van der Waals surface area (Å²) >= 11 is 8.40. The Morgan fingerprint density at radius 2 is 2.35 bits per heavy atom. The lowest BCUT2D eigenvalue weighted by molar-refractivity contribution is 0.431. The summed E-state index contributed by atoms with van der Waals surface area (Å²) in [5, 5.41) is 6.56. The number of thiazole rings is 1. The van der Waals surface area contributed by atoms with Gasteiger partial charge in [-0.3, -0.25) is 0 Å². The Kier molecular flexibility index (Phi) is 4.78. The van der Waals surface area contributed by atoms with Crippen molar-refractivity contribution in [3.8, 4) is 0 Å². The Balaban J connectivity index is 1.97. The smallest absolute Gasteiger partial charge is 0.183 e. The van der Waals surface area contributed by atoms with Crippen molar-refractivity contribution >= 4 is 43.2 Å². The molecular formula is C11H12Br2N2OS. The molecule has 1 atom stereocenters. The molecule has 17 heavy (non-hydrogen) atoms. The maximum atomic E-state index is 5.52. The van der Waals surface area contributed by atoms with E-state index in [4.69, 9.17) is 4.42 Å². The Bertz CT molecular complexity index is 450. The van der Waals surface area contributed by atoms with Crippen LogP contribution in [0.3, 0.4) is 0 Å². The third kappa shape index (κ3) is 3.40. The van der Waals surface area contributed by atoms with Crippen LogP contribution in [0.15, 0.2) is 31.2 Å². The zero-order valence-corrected chi connectivity index (χ0v) is 13.2. The summed E-state index contributed by atoms with van der Waals surface area (Å²) in [4.78, 5) is 4.33. The van der Waals surface area contributed by atoms with Crippen molar-refractivity contribution in [1.82, 2.24) is 10.3 Å². The van der Waals surface area contributed by atoms with Crippen LogP contribution in [-0.2, 0) is 6.54 Å². The van der Waals surface area contributed by atoms with Crippen molar-refractivity contribution in [2.45, 2.75) is 25.9 Å². The van der Waals surface area contributed by atoms with E-state index in [-0.39, 0.29) is 6.04 Å². The van der Waals surface area contributed by atoms with Gasteiger partial charge in [-0.1, -0.05) is 6.92 Å². The van der Waals surface area contributed by atoms with Gasteiger partial charge in [-0.2, -0.15) is 0 Å². The summed E-state index contributed by atoms with van der Waals surface area (Å²) in [6, 6.07) is 2.25. The lowest BCUT2D eigenvalue weighted by Crippen LogP contribution is -2.19. The quantitative estimate of drug-likeness (QED) is 0.830. The molecule has 0 saturated heterocycles. The van der Waals surface area contributed by atoms with Gasteiger partial charge in [-0.05, 0) is 44.3 Å². The van der Waals surface area contributed by atoms with Crippen LogP contribution in [-0.4, -0.2) is 4.98 Å². The van der Waals surface area contributed by atoms with Crippen molar-refractivity contribution in [2.75, 3.05) is 0 Å². The molecule has 0 aromatic carbocycles. The number of halogens is 2. The van der Waals surface area contributed by atoms with Crippen LogP contribution >= 0.6 is 43.2 Å². The lowest BCUT2D eigenvalue weighted by Gasteiger charge is -2.12. The molecule has 0 amide bonds. The van der Waals surface area contributed by atoms with E-state index in [1.54, 1.807) is 11.3 Å². The SMILES string of the molecule is CCC(NCc1cc(Br)c(Br)o1)c1nccs1. The number of nitrogens with zero attached hydrogens (tertiary/aromatic N) is 1. The minimum absolute atomic E-state index is 0.289. The van der Waals surface area contributed by atoms with Crippen LogP contribution < -0.4 is 5.32 Å². The monoisotopic (exact) mass is 378 g/mol. The maximum absolute atomic E-state index is 5.52. The van der Waals surface area contributed by atoms with E-state index < -0.39 is 0 Å². The molecule has 0 spiro atoms. The topological polar surface area (TPSA) is 38.1 Å². The van der Waals surface area contributed by atoms with Crippen LogP contribution in [0, 0.1) is 0 Å². The molecule has 0 fully saturated rings. The predicted octanol–water partition coefficient (Wildman–Crippen LogP) is 4.50. The van der Waals surface area contributed by atoms with Gasteiger partial charge in [0.2, 0.25) is 0 Å². The van der Waals surface area contributed by atoms with Gasteiger partial charge in [-0.25, -0.2) is 4.98 Å². The summed E-state index contributed by atoms with van der Waals surface area (Å²) < 4.78 is 7.19. The van der Waals surface area contributed by atoms with Gasteiger partial charge in [0.1, 0.15) is 10.8 Å². The van der Waals surface area contributed by atoms with Crippen LogP contribution in [0.25, 0.3) is 0 Å². The van der Waals surface area contributed by atoms with Crippen molar-refractivity contribution in [1.29, 1.82) is 0 Å². The molecule has 0 radical (unpaired) electrons. The first-order chi connectivity index (χ1) is 8.20. The zero-order chi connectivity index (χ0) is 12.3. The predicted molar refractivity (Wildman–Crippen MR) is 76.1 cm³/mol. The van der Waals surface area contributed by atoms with Crippen molar-refractivity contribution in [3.63, 3.8) is 0 Å². The molecule has 2 heterocycles. The third-order valence-electron chi connectivity index (χ3n) is 2.38. The van der Waals surface area contributed by atoms with Gasteiger partial charge >= 0.3 is 0 Å². The molecule has 92 valence electrons. The van der Waals surface area contributed by atoms with Gasteiger partial charge in [0.05, 0.1) is 17.1 Å².